The molecule has 1 atom stereocenters. The Morgan fingerprint density at radius 3 is 2.91 bits per heavy atom. The zero-order valence-electron chi connectivity index (χ0n) is 11.8. The fourth-order valence-electron chi connectivity index (χ4n) is 2.35. The van der Waals surface area contributed by atoms with Crippen LogP contribution in [0, 0.1) is 6.92 Å². The van der Waals surface area contributed by atoms with Gasteiger partial charge in [-0.15, -0.1) is 0 Å². The number of aromatic nitrogens is 3. The zero-order valence-corrected chi connectivity index (χ0v) is 13.4. The molecular formula is C15H11ClFN3OS. The first-order valence-corrected chi connectivity index (χ1v) is 7.91. The molecular weight excluding hydrogens is 325 g/mol. The molecule has 22 heavy (non-hydrogen) atoms. The van der Waals surface area contributed by atoms with Crippen LogP contribution in [0.15, 0.2) is 28.8 Å². The molecule has 4 nitrogen and oxygen atoms in total. The van der Waals surface area contributed by atoms with E-state index in [9.17, 15) is 4.39 Å². The molecule has 0 bridgehead atoms. The van der Waals surface area contributed by atoms with Crippen LogP contribution in [-0.4, -0.2) is 14.6 Å². The molecule has 3 aromatic heterocycles. The van der Waals surface area contributed by atoms with E-state index in [1.165, 1.54) is 18.3 Å². The lowest BCUT2D eigenvalue weighted by Gasteiger charge is -1.94. The summed E-state index contributed by atoms with van der Waals surface area (Å²) < 4.78 is 20.7. The highest BCUT2D eigenvalue weighted by atomic mass is 35.5. The Bertz CT molecular complexity index is 970. The lowest BCUT2D eigenvalue weighted by atomic mass is 10.2. The van der Waals surface area contributed by atoms with Crippen LogP contribution in [-0.2, 0) is 0 Å². The molecule has 0 aliphatic rings. The third-order valence-electron chi connectivity index (χ3n) is 3.38. The van der Waals surface area contributed by atoms with Crippen LogP contribution in [0.25, 0.3) is 27.4 Å². The highest BCUT2D eigenvalue weighted by molar-refractivity contribution is 7.16. The van der Waals surface area contributed by atoms with Gasteiger partial charge < -0.3 is 4.42 Å². The van der Waals surface area contributed by atoms with Crippen molar-refractivity contribution in [2.45, 2.75) is 20.0 Å². The molecule has 0 amide bonds. The molecule has 0 aliphatic heterocycles. The van der Waals surface area contributed by atoms with Crippen molar-refractivity contribution in [3.63, 3.8) is 0 Å². The molecule has 0 aliphatic carbocycles. The standard InChI is InChI=1S/C15H11ClFN3OS/c1-7-3-10(16)9-5-13(21-12(9)4-7)11-6-20-15(18-11)22-14(19-20)8(2)17/h3-6,8H,1-2H3/t8-/m0/s1. The van der Waals surface area contributed by atoms with E-state index in [2.05, 4.69) is 10.1 Å². The molecule has 0 radical (unpaired) electrons. The summed E-state index contributed by atoms with van der Waals surface area (Å²) in [7, 11) is 0. The monoisotopic (exact) mass is 335 g/mol. The number of aryl methyl sites for hydroxylation is 1. The Morgan fingerprint density at radius 1 is 1.36 bits per heavy atom. The van der Waals surface area contributed by atoms with Gasteiger partial charge in [0.25, 0.3) is 0 Å². The molecule has 0 N–H and O–H groups in total. The molecule has 1 aromatic carbocycles. The third-order valence-corrected chi connectivity index (χ3v) is 4.77. The van der Waals surface area contributed by atoms with Crippen LogP contribution in [0.1, 0.15) is 23.7 Å². The van der Waals surface area contributed by atoms with Gasteiger partial charge in [-0.3, -0.25) is 0 Å². The number of furan rings is 1. The predicted octanol–water partition coefficient (Wildman–Crippen LogP) is 5.20. The maximum atomic E-state index is 13.3. The normalized spacial score (nSPS) is 13.3. The molecule has 112 valence electrons. The predicted molar refractivity (Wildman–Crippen MR) is 85.3 cm³/mol. The number of imidazole rings is 1. The quantitative estimate of drug-likeness (QED) is 0.506. The number of rotatable bonds is 2. The summed E-state index contributed by atoms with van der Waals surface area (Å²) in [4.78, 5) is 5.09. The number of hydrogen-bond acceptors (Lipinski definition) is 4. The van der Waals surface area contributed by atoms with Crippen molar-refractivity contribution in [2.24, 2.45) is 0 Å². The van der Waals surface area contributed by atoms with Crippen molar-refractivity contribution < 1.29 is 8.81 Å². The van der Waals surface area contributed by atoms with E-state index >= 15 is 0 Å². The van der Waals surface area contributed by atoms with E-state index in [0.29, 0.717) is 26.4 Å². The van der Waals surface area contributed by atoms with Gasteiger partial charge in [0.1, 0.15) is 11.3 Å². The molecule has 0 saturated carbocycles. The molecule has 0 fully saturated rings. The highest BCUT2D eigenvalue weighted by Crippen LogP contribution is 2.33. The summed E-state index contributed by atoms with van der Waals surface area (Å²) in [5.41, 5.74) is 2.41. The Kier molecular flexibility index (Phi) is 2.99. The minimum atomic E-state index is -1.09. The summed E-state index contributed by atoms with van der Waals surface area (Å²) >= 11 is 7.47. The fourth-order valence-corrected chi connectivity index (χ4v) is 3.48. The van der Waals surface area contributed by atoms with E-state index in [1.807, 2.05) is 25.1 Å². The number of fused-ring (bicyclic) bond motifs is 2. The fraction of sp³-hybridized carbons (Fsp3) is 0.200. The maximum absolute atomic E-state index is 13.3. The SMILES string of the molecule is Cc1cc(Cl)c2cc(-c3cn4nc([C@H](C)F)sc4n3)oc2c1. The summed E-state index contributed by atoms with van der Waals surface area (Å²) in [6.07, 6.45) is 0.638. The van der Waals surface area contributed by atoms with Crippen LogP contribution in [0.2, 0.25) is 5.02 Å². The molecule has 0 unspecified atom stereocenters. The van der Waals surface area contributed by atoms with Crippen LogP contribution < -0.4 is 0 Å². The zero-order chi connectivity index (χ0) is 15.4. The summed E-state index contributed by atoms with van der Waals surface area (Å²) in [6.45, 7) is 3.42. The Hall–Kier alpha value is -1.92. The second-order valence-corrected chi connectivity index (χ2v) is 6.57. The summed E-state index contributed by atoms with van der Waals surface area (Å²) in [5.74, 6) is 0.620. The van der Waals surface area contributed by atoms with E-state index in [0.717, 1.165) is 16.5 Å². The van der Waals surface area contributed by atoms with Gasteiger partial charge in [0.15, 0.2) is 16.9 Å². The van der Waals surface area contributed by atoms with Crippen LogP contribution >= 0.6 is 22.9 Å². The van der Waals surface area contributed by atoms with Crippen LogP contribution in [0.5, 0.6) is 0 Å². The van der Waals surface area contributed by atoms with Gasteiger partial charge in [0.05, 0.1) is 11.2 Å². The number of halogens is 2. The van der Waals surface area contributed by atoms with Gasteiger partial charge >= 0.3 is 0 Å². The van der Waals surface area contributed by atoms with Crippen molar-refractivity contribution in [3.05, 3.63) is 40.0 Å². The van der Waals surface area contributed by atoms with Crippen LogP contribution in [0.3, 0.4) is 0 Å². The lowest BCUT2D eigenvalue weighted by Crippen LogP contribution is -1.86. The number of hydrogen-bond donors (Lipinski definition) is 0. The maximum Gasteiger partial charge on any atom is 0.212 e. The van der Waals surface area contributed by atoms with Crippen molar-refractivity contribution >= 4 is 38.9 Å². The van der Waals surface area contributed by atoms with Crippen molar-refractivity contribution in [2.75, 3.05) is 0 Å². The third kappa shape index (κ3) is 2.10. The largest absolute Gasteiger partial charge is 0.454 e. The second-order valence-electron chi connectivity index (χ2n) is 5.18. The van der Waals surface area contributed by atoms with Crippen molar-refractivity contribution in [3.8, 4) is 11.5 Å². The highest BCUT2D eigenvalue weighted by Gasteiger charge is 2.16. The number of alkyl halides is 1. The smallest absolute Gasteiger partial charge is 0.212 e. The summed E-state index contributed by atoms with van der Waals surface area (Å²) in [5, 5.41) is 6.09. The summed E-state index contributed by atoms with van der Waals surface area (Å²) in [6, 6.07) is 5.69. The average Bonchev–Trinajstić information content (AvgIpc) is 3.07. The molecule has 0 spiro atoms. The Morgan fingerprint density at radius 2 is 2.18 bits per heavy atom. The van der Waals surface area contributed by atoms with Crippen molar-refractivity contribution in [1.82, 2.24) is 14.6 Å². The van der Waals surface area contributed by atoms with Gasteiger partial charge in [-0.25, -0.2) is 13.9 Å². The van der Waals surface area contributed by atoms with Crippen molar-refractivity contribution in [1.29, 1.82) is 0 Å². The minimum Gasteiger partial charge on any atom is -0.454 e. The average molecular weight is 336 g/mol. The lowest BCUT2D eigenvalue weighted by molar-refractivity contribution is 0.370. The van der Waals surface area contributed by atoms with Crippen LogP contribution in [0.4, 0.5) is 4.39 Å². The van der Waals surface area contributed by atoms with E-state index in [1.54, 1.807) is 10.7 Å². The molecule has 3 heterocycles. The first kappa shape index (κ1) is 13.7. The molecule has 7 heteroatoms. The molecule has 4 aromatic rings. The van der Waals surface area contributed by atoms with E-state index in [-0.39, 0.29) is 0 Å². The van der Waals surface area contributed by atoms with Gasteiger partial charge in [-0.05, 0) is 37.6 Å². The van der Waals surface area contributed by atoms with Gasteiger partial charge in [-0.2, -0.15) is 5.10 Å². The van der Waals surface area contributed by atoms with Gasteiger partial charge in [0, 0.05) is 5.39 Å². The Balaban J connectivity index is 1.84. The molecule has 4 rings (SSSR count). The minimum absolute atomic E-state index is 0.414. The topological polar surface area (TPSA) is 43.3 Å². The first-order chi connectivity index (χ1) is 10.5. The number of benzene rings is 1. The Labute approximate surface area is 134 Å². The molecule has 0 saturated heterocycles. The van der Waals surface area contributed by atoms with Gasteiger partial charge in [-0.1, -0.05) is 22.9 Å². The van der Waals surface area contributed by atoms with Gasteiger partial charge in [0.2, 0.25) is 4.96 Å². The second kappa shape index (κ2) is 4.79. The van der Waals surface area contributed by atoms with E-state index < -0.39 is 6.17 Å². The van der Waals surface area contributed by atoms with E-state index in [4.69, 9.17) is 16.0 Å². The number of nitrogens with zero attached hydrogens (tertiary/aromatic N) is 3. The first-order valence-electron chi connectivity index (χ1n) is 6.71.